The molecule has 0 unspecified atom stereocenters. The van der Waals surface area contributed by atoms with Crippen LogP contribution in [0.1, 0.15) is 41.7 Å². The van der Waals surface area contributed by atoms with E-state index in [-0.39, 0.29) is 27.4 Å². The summed E-state index contributed by atoms with van der Waals surface area (Å²) in [5.41, 5.74) is -3.29. The standard InChI is InChI=1S/C29H20F6N6S2/c1-16-4-9-20(10-5-16)41-26(43)40(21-11-7-18(15-37)23(13-21)29(33,34)35)24(27(41,2)3)39-25(42)38-19-8-6-17(14-36)22(12-19)28(30,31)32/h4-13H,1-3H3,(H,38,42)/b39-24+. The molecule has 1 heterocycles. The van der Waals surface area contributed by atoms with E-state index in [0.717, 1.165) is 23.8 Å². The number of aliphatic imine (C=N–C) groups is 1. The van der Waals surface area contributed by atoms with Crippen LogP contribution < -0.4 is 15.1 Å². The van der Waals surface area contributed by atoms with Crippen molar-refractivity contribution in [1.82, 2.24) is 0 Å². The second-order valence-corrected chi connectivity index (χ2v) is 10.7. The van der Waals surface area contributed by atoms with Gasteiger partial charge in [0.05, 0.1) is 40.1 Å². The van der Waals surface area contributed by atoms with E-state index in [1.165, 1.54) is 29.2 Å². The van der Waals surface area contributed by atoms with Crippen LogP contribution in [-0.2, 0) is 12.4 Å². The number of nitrogens with zero attached hydrogens (tertiary/aromatic N) is 5. The molecular formula is C29H20F6N6S2. The topological polar surface area (TPSA) is 78.4 Å². The van der Waals surface area contributed by atoms with Gasteiger partial charge in [-0.2, -0.15) is 36.9 Å². The summed E-state index contributed by atoms with van der Waals surface area (Å²) in [5.74, 6) is 0.0677. The van der Waals surface area contributed by atoms with E-state index in [2.05, 4.69) is 10.3 Å². The van der Waals surface area contributed by atoms with E-state index in [4.69, 9.17) is 29.7 Å². The molecule has 3 aromatic carbocycles. The monoisotopic (exact) mass is 630 g/mol. The molecule has 0 radical (unpaired) electrons. The summed E-state index contributed by atoms with van der Waals surface area (Å²) in [7, 11) is 0. The SMILES string of the molecule is Cc1ccc(N2C(=S)N(c3ccc(C#N)c(C(F)(F)F)c3)/C(=N/C(=S)Nc3ccc(C#N)c(C(F)(F)F)c3)C2(C)C)cc1. The van der Waals surface area contributed by atoms with Gasteiger partial charge in [-0.05, 0) is 93.7 Å². The van der Waals surface area contributed by atoms with Crippen LogP contribution in [0, 0.1) is 29.6 Å². The van der Waals surface area contributed by atoms with Crippen LogP contribution in [0.2, 0.25) is 0 Å². The van der Waals surface area contributed by atoms with Crippen molar-refractivity contribution in [3.63, 3.8) is 0 Å². The normalized spacial score (nSPS) is 15.8. The van der Waals surface area contributed by atoms with Crippen LogP contribution in [0.4, 0.5) is 43.4 Å². The predicted molar refractivity (Wildman–Crippen MR) is 159 cm³/mol. The second-order valence-electron chi connectivity index (χ2n) is 9.92. The number of hydrogen-bond acceptors (Lipinski definition) is 4. The van der Waals surface area contributed by atoms with Crippen molar-refractivity contribution in [2.45, 2.75) is 38.7 Å². The highest BCUT2D eigenvalue weighted by Crippen LogP contribution is 2.40. The number of benzene rings is 3. The molecule has 0 aromatic heterocycles. The van der Waals surface area contributed by atoms with E-state index < -0.39 is 40.1 Å². The van der Waals surface area contributed by atoms with Gasteiger partial charge in [-0.3, -0.25) is 4.90 Å². The van der Waals surface area contributed by atoms with Crippen LogP contribution in [0.25, 0.3) is 0 Å². The molecule has 0 amide bonds. The first-order valence-corrected chi connectivity index (χ1v) is 13.1. The van der Waals surface area contributed by atoms with Crippen LogP contribution in [0.5, 0.6) is 0 Å². The molecule has 1 N–H and O–H groups in total. The van der Waals surface area contributed by atoms with Crippen molar-refractivity contribution in [2.75, 3.05) is 15.1 Å². The van der Waals surface area contributed by atoms with Crippen molar-refractivity contribution in [2.24, 2.45) is 4.99 Å². The zero-order chi connectivity index (χ0) is 31.9. The fourth-order valence-electron chi connectivity index (χ4n) is 4.55. The lowest BCUT2D eigenvalue weighted by Gasteiger charge is -2.31. The third-order valence-electron chi connectivity index (χ3n) is 6.58. The molecule has 3 aromatic rings. The number of anilines is 3. The van der Waals surface area contributed by atoms with Gasteiger partial charge < -0.3 is 10.2 Å². The molecule has 43 heavy (non-hydrogen) atoms. The van der Waals surface area contributed by atoms with Crippen LogP contribution >= 0.6 is 24.4 Å². The van der Waals surface area contributed by atoms with Gasteiger partial charge in [-0.1, -0.05) is 17.7 Å². The fourth-order valence-corrected chi connectivity index (χ4v) is 5.28. The van der Waals surface area contributed by atoms with Crippen molar-refractivity contribution < 1.29 is 26.3 Å². The number of hydrogen-bond donors (Lipinski definition) is 1. The maximum absolute atomic E-state index is 13.9. The Kier molecular flexibility index (Phi) is 8.24. The van der Waals surface area contributed by atoms with Gasteiger partial charge >= 0.3 is 12.4 Å². The molecule has 0 aliphatic carbocycles. The highest BCUT2D eigenvalue weighted by atomic mass is 32.1. The summed E-state index contributed by atoms with van der Waals surface area (Å²) < 4.78 is 82.1. The first-order valence-electron chi connectivity index (χ1n) is 12.3. The van der Waals surface area contributed by atoms with Crippen LogP contribution in [0.3, 0.4) is 0 Å². The first-order chi connectivity index (χ1) is 20.0. The molecule has 220 valence electrons. The molecule has 0 atom stereocenters. The van der Waals surface area contributed by atoms with Gasteiger partial charge in [0.25, 0.3) is 0 Å². The average Bonchev–Trinajstić information content (AvgIpc) is 3.11. The number of amidine groups is 1. The zero-order valence-corrected chi connectivity index (χ0v) is 24.2. The van der Waals surface area contributed by atoms with Crippen LogP contribution in [-0.4, -0.2) is 21.6 Å². The minimum Gasteiger partial charge on any atom is -0.331 e. The molecule has 6 nitrogen and oxygen atoms in total. The highest BCUT2D eigenvalue weighted by molar-refractivity contribution is 7.81. The summed E-state index contributed by atoms with van der Waals surface area (Å²) in [6.07, 6.45) is -9.67. The quantitative estimate of drug-likeness (QED) is 0.232. The minimum absolute atomic E-state index is 0.0472. The number of thiocarbonyl (C=S) groups is 2. The van der Waals surface area contributed by atoms with E-state index in [0.29, 0.717) is 11.8 Å². The highest BCUT2D eigenvalue weighted by Gasteiger charge is 2.49. The Balaban J connectivity index is 1.85. The summed E-state index contributed by atoms with van der Waals surface area (Å²) in [4.78, 5) is 7.38. The van der Waals surface area contributed by atoms with Crippen molar-refractivity contribution in [1.29, 1.82) is 10.5 Å². The lowest BCUT2D eigenvalue weighted by Crippen LogP contribution is -2.45. The van der Waals surface area contributed by atoms with Gasteiger partial charge in [-0.25, -0.2) is 4.99 Å². The van der Waals surface area contributed by atoms with E-state index in [1.54, 1.807) is 30.9 Å². The molecule has 4 rings (SSSR count). The Morgan fingerprint density at radius 3 is 1.88 bits per heavy atom. The Bertz CT molecular complexity index is 1730. The Hall–Kier alpha value is -4.53. The lowest BCUT2D eigenvalue weighted by atomic mass is 10.0. The smallest absolute Gasteiger partial charge is 0.331 e. The molecule has 14 heteroatoms. The van der Waals surface area contributed by atoms with Crippen molar-refractivity contribution >= 4 is 57.6 Å². The number of nitrogens with one attached hydrogen (secondary N) is 1. The van der Waals surface area contributed by atoms with Gasteiger partial charge in [0.15, 0.2) is 10.2 Å². The van der Waals surface area contributed by atoms with Gasteiger partial charge in [0.2, 0.25) is 0 Å². The molecule has 0 spiro atoms. The van der Waals surface area contributed by atoms with Crippen molar-refractivity contribution in [3.8, 4) is 12.1 Å². The van der Waals surface area contributed by atoms with E-state index in [1.807, 2.05) is 19.1 Å². The molecule has 1 saturated heterocycles. The second kappa shape index (κ2) is 11.3. The summed E-state index contributed by atoms with van der Waals surface area (Å²) >= 11 is 11.1. The maximum atomic E-state index is 13.9. The van der Waals surface area contributed by atoms with Crippen molar-refractivity contribution in [3.05, 3.63) is 88.5 Å². The molecule has 1 aliphatic rings. The number of alkyl halides is 6. The van der Waals surface area contributed by atoms with Gasteiger partial charge in [-0.15, -0.1) is 0 Å². The van der Waals surface area contributed by atoms with Gasteiger partial charge in [0, 0.05) is 11.4 Å². The minimum atomic E-state index is -4.85. The number of halogens is 6. The molecule has 1 aliphatic heterocycles. The Morgan fingerprint density at radius 2 is 1.35 bits per heavy atom. The molecular weight excluding hydrogens is 610 g/mol. The first kappa shape index (κ1) is 31.4. The third kappa shape index (κ3) is 6.16. The van der Waals surface area contributed by atoms with E-state index in [9.17, 15) is 31.6 Å². The number of aryl methyl sites for hydroxylation is 1. The third-order valence-corrected chi connectivity index (χ3v) is 7.14. The van der Waals surface area contributed by atoms with Crippen LogP contribution in [0.15, 0.2) is 65.7 Å². The number of nitriles is 2. The average molecular weight is 631 g/mol. The molecule has 0 saturated carbocycles. The summed E-state index contributed by atoms with van der Waals surface area (Å²) in [6, 6.07) is 16.2. The summed E-state index contributed by atoms with van der Waals surface area (Å²) in [6.45, 7) is 5.29. The summed E-state index contributed by atoms with van der Waals surface area (Å²) in [5, 5.41) is 20.7. The molecule has 1 fully saturated rings. The van der Waals surface area contributed by atoms with E-state index >= 15 is 0 Å². The van der Waals surface area contributed by atoms with Gasteiger partial charge in [0.1, 0.15) is 11.4 Å². The number of rotatable bonds is 3. The fraction of sp³-hybridized carbons (Fsp3) is 0.207. The Morgan fingerprint density at radius 1 is 0.837 bits per heavy atom. The predicted octanol–water partition coefficient (Wildman–Crippen LogP) is 7.96. The molecule has 0 bridgehead atoms. The largest absolute Gasteiger partial charge is 0.417 e. The lowest BCUT2D eigenvalue weighted by molar-refractivity contribution is -0.138. The zero-order valence-electron chi connectivity index (χ0n) is 22.6. The maximum Gasteiger partial charge on any atom is 0.417 e. The Labute approximate surface area is 253 Å².